The van der Waals surface area contributed by atoms with Crippen molar-refractivity contribution in [2.24, 2.45) is 0 Å². The van der Waals surface area contributed by atoms with Crippen LogP contribution in [0.1, 0.15) is 6.42 Å². The van der Waals surface area contributed by atoms with Crippen molar-refractivity contribution in [3.05, 3.63) is 29.8 Å². The molecule has 2 rings (SSSR count). The fourth-order valence-corrected chi connectivity index (χ4v) is 2.10. The number of anilines is 1. The van der Waals surface area contributed by atoms with Crippen LogP contribution in [0.15, 0.2) is 18.2 Å². The van der Waals surface area contributed by atoms with Crippen molar-refractivity contribution < 1.29 is 28.5 Å². The van der Waals surface area contributed by atoms with E-state index in [1.807, 2.05) is 0 Å². The van der Waals surface area contributed by atoms with Crippen molar-refractivity contribution in [2.45, 2.75) is 18.6 Å². The van der Waals surface area contributed by atoms with Gasteiger partial charge in [0.1, 0.15) is 11.6 Å². The van der Waals surface area contributed by atoms with Gasteiger partial charge in [-0.3, -0.25) is 4.90 Å². The summed E-state index contributed by atoms with van der Waals surface area (Å²) in [7, 11) is 0. The fourth-order valence-electron chi connectivity index (χ4n) is 2.10. The fraction of sp³-hybridized carbons (Fsp3) is 0.417. The highest BCUT2D eigenvalue weighted by Crippen LogP contribution is 2.26. The van der Waals surface area contributed by atoms with E-state index in [1.165, 1.54) is 0 Å². The first-order chi connectivity index (χ1) is 8.99. The van der Waals surface area contributed by atoms with Crippen LogP contribution in [0.4, 0.5) is 19.3 Å². The van der Waals surface area contributed by atoms with E-state index in [2.05, 4.69) is 0 Å². The molecule has 0 aromatic heterocycles. The lowest BCUT2D eigenvalue weighted by atomic mass is 10.1. The summed E-state index contributed by atoms with van der Waals surface area (Å²) in [6.07, 6.45) is -2.13. The number of amides is 1. The Bertz CT molecular complexity index is 483. The van der Waals surface area contributed by atoms with E-state index in [0.717, 1.165) is 18.2 Å². The summed E-state index contributed by atoms with van der Waals surface area (Å²) in [4.78, 5) is 12.0. The van der Waals surface area contributed by atoms with Gasteiger partial charge in [0.25, 0.3) is 0 Å². The number of carbonyl (C=O) groups is 1. The zero-order chi connectivity index (χ0) is 14.0. The summed E-state index contributed by atoms with van der Waals surface area (Å²) < 4.78 is 31.9. The van der Waals surface area contributed by atoms with Crippen molar-refractivity contribution in [1.29, 1.82) is 0 Å². The van der Waals surface area contributed by atoms with Crippen LogP contribution in [0, 0.1) is 11.6 Å². The highest BCUT2D eigenvalue weighted by Gasteiger charge is 2.32. The summed E-state index contributed by atoms with van der Waals surface area (Å²) in [6, 6.07) is 1.83. The number of benzene rings is 1. The third-order valence-electron chi connectivity index (χ3n) is 2.90. The maximum atomic E-state index is 13.7. The molecule has 0 saturated carbocycles. The van der Waals surface area contributed by atoms with Gasteiger partial charge in [0, 0.05) is 6.07 Å². The molecule has 1 unspecified atom stereocenters. The highest BCUT2D eigenvalue weighted by molar-refractivity contribution is 5.87. The molecule has 0 spiro atoms. The van der Waals surface area contributed by atoms with Gasteiger partial charge in [-0.15, -0.1) is 0 Å². The smallest absolute Gasteiger partial charge is 0.412 e. The van der Waals surface area contributed by atoms with Crippen LogP contribution in [-0.2, 0) is 4.74 Å². The number of carboxylic acid groups (broad SMARTS) is 1. The van der Waals surface area contributed by atoms with Crippen molar-refractivity contribution in [3.63, 3.8) is 0 Å². The van der Waals surface area contributed by atoms with Crippen LogP contribution >= 0.6 is 0 Å². The number of nitrogens with zero attached hydrogens (tertiary/aromatic N) is 1. The summed E-state index contributed by atoms with van der Waals surface area (Å²) >= 11 is 0. The molecule has 1 aliphatic rings. The Labute approximate surface area is 108 Å². The van der Waals surface area contributed by atoms with Crippen LogP contribution in [0.25, 0.3) is 0 Å². The molecule has 1 aliphatic heterocycles. The van der Waals surface area contributed by atoms with Crippen molar-refractivity contribution >= 4 is 11.8 Å². The van der Waals surface area contributed by atoms with Gasteiger partial charge in [0.05, 0.1) is 31.0 Å². The average Bonchev–Trinajstić information content (AvgIpc) is 2.33. The Morgan fingerprint density at radius 3 is 2.74 bits per heavy atom. The highest BCUT2D eigenvalue weighted by atomic mass is 19.1. The first-order valence-corrected chi connectivity index (χ1v) is 5.72. The van der Waals surface area contributed by atoms with Crippen LogP contribution in [0.3, 0.4) is 0 Å². The SMILES string of the molecule is O=C(O)N(c1cc(F)ccc1F)[C@@H]1COCC(O)C1. The Hall–Kier alpha value is -1.73. The average molecular weight is 273 g/mol. The summed E-state index contributed by atoms with van der Waals surface area (Å²) in [5.74, 6) is -1.58. The van der Waals surface area contributed by atoms with E-state index >= 15 is 0 Å². The Morgan fingerprint density at radius 2 is 2.11 bits per heavy atom. The topological polar surface area (TPSA) is 70.0 Å². The van der Waals surface area contributed by atoms with Gasteiger partial charge in [-0.2, -0.15) is 0 Å². The van der Waals surface area contributed by atoms with E-state index in [4.69, 9.17) is 4.74 Å². The molecule has 1 fully saturated rings. The predicted molar refractivity (Wildman–Crippen MR) is 62.1 cm³/mol. The molecule has 1 heterocycles. The largest absolute Gasteiger partial charge is 0.465 e. The first kappa shape index (κ1) is 13.7. The van der Waals surface area contributed by atoms with Gasteiger partial charge in [-0.25, -0.2) is 13.6 Å². The second-order valence-corrected chi connectivity index (χ2v) is 4.33. The molecule has 1 saturated heterocycles. The first-order valence-electron chi connectivity index (χ1n) is 5.72. The molecule has 2 N–H and O–H groups in total. The van der Waals surface area contributed by atoms with Crippen molar-refractivity contribution in [3.8, 4) is 0 Å². The van der Waals surface area contributed by atoms with Crippen LogP contribution in [0.5, 0.6) is 0 Å². The Balaban J connectivity index is 2.34. The number of aliphatic hydroxyl groups excluding tert-OH is 1. The second kappa shape index (κ2) is 5.50. The molecule has 104 valence electrons. The van der Waals surface area contributed by atoms with E-state index in [9.17, 15) is 23.8 Å². The number of hydrogen-bond donors (Lipinski definition) is 2. The van der Waals surface area contributed by atoms with Crippen LogP contribution in [-0.4, -0.2) is 41.7 Å². The minimum absolute atomic E-state index is 0.0271. The number of halogens is 2. The maximum Gasteiger partial charge on any atom is 0.412 e. The number of rotatable bonds is 2. The Morgan fingerprint density at radius 1 is 1.37 bits per heavy atom. The molecule has 1 amide bonds. The lowest BCUT2D eigenvalue weighted by molar-refractivity contribution is -0.0166. The van der Waals surface area contributed by atoms with Gasteiger partial charge in [-0.05, 0) is 18.6 Å². The lowest BCUT2D eigenvalue weighted by Gasteiger charge is -2.34. The maximum absolute atomic E-state index is 13.7. The molecule has 1 aromatic rings. The molecule has 0 radical (unpaired) electrons. The quantitative estimate of drug-likeness (QED) is 0.858. The number of hydrogen-bond acceptors (Lipinski definition) is 3. The number of ether oxygens (including phenoxy) is 1. The zero-order valence-electron chi connectivity index (χ0n) is 9.92. The van der Waals surface area contributed by atoms with Gasteiger partial charge < -0.3 is 14.9 Å². The van der Waals surface area contributed by atoms with Crippen LogP contribution in [0.2, 0.25) is 0 Å². The third kappa shape index (κ3) is 2.99. The number of aliphatic hydroxyl groups is 1. The molecule has 19 heavy (non-hydrogen) atoms. The minimum atomic E-state index is -1.42. The zero-order valence-corrected chi connectivity index (χ0v) is 9.92. The molecular formula is C12H13F2NO4. The summed E-state index contributed by atoms with van der Waals surface area (Å²) in [5, 5.41) is 18.6. The van der Waals surface area contributed by atoms with Gasteiger partial charge in [0.15, 0.2) is 0 Å². The van der Waals surface area contributed by atoms with Gasteiger partial charge in [0.2, 0.25) is 0 Å². The van der Waals surface area contributed by atoms with Crippen molar-refractivity contribution in [1.82, 2.24) is 0 Å². The molecule has 0 bridgehead atoms. The molecule has 7 heteroatoms. The predicted octanol–water partition coefficient (Wildman–Crippen LogP) is 1.60. The second-order valence-electron chi connectivity index (χ2n) is 4.33. The van der Waals surface area contributed by atoms with Gasteiger partial charge >= 0.3 is 6.09 Å². The minimum Gasteiger partial charge on any atom is -0.465 e. The lowest BCUT2D eigenvalue weighted by Crippen LogP contribution is -2.48. The monoisotopic (exact) mass is 273 g/mol. The molecular weight excluding hydrogens is 260 g/mol. The normalized spacial score (nSPS) is 23.1. The standard InChI is InChI=1S/C12H13F2NO4/c13-7-1-2-10(14)11(3-7)15(12(17)18)8-4-9(16)6-19-5-8/h1-3,8-9,16H,4-6H2,(H,17,18)/t8-,9?/m0/s1. The van der Waals surface area contributed by atoms with Crippen LogP contribution < -0.4 is 4.90 Å². The Kier molecular flexibility index (Phi) is 3.96. The molecule has 2 atom stereocenters. The summed E-state index contributed by atoms with van der Waals surface area (Å²) in [5.41, 5.74) is -0.379. The van der Waals surface area contributed by atoms with E-state index in [-0.39, 0.29) is 25.3 Å². The summed E-state index contributed by atoms with van der Waals surface area (Å²) in [6.45, 7) is 0.134. The third-order valence-corrected chi connectivity index (χ3v) is 2.90. The van der Waals surface area contributed by atoms with E-state index in [0.29, 0.717) is 4.90 Å². The van der Waals surface area contributed by atoms with Gasteiger partial charge in [-0.1, -0.05) is 0 Å². The molecule has 1 aromatic carbocycles. The van der Waals surface area contributed by atoms with E-state index < -0.39 is 29.9 Å². The van der Waals surface area contributed by atoms with Crippen molar-refractivity contribution in [2.75, 3.05) is 18.1 Å². The molecule has 0 aliphatic carbocycles. The molecule has 5 nitrogen and oxygen atoms in total. The van der Waals surface area contributed by atoms with E-state index in [1.54, 1.807) is 0 Å².